The van der Waals surface area contributed by atoms with Crippen molar-refractivity contribution in [2.75, 3.05) is 20.2 Å². The summed E-state index contributed by atoms with van der Waals surface area (Å²) in [5, 5.41) is 6.94. The highest BCUT2D eigenvalue weighted by atomic mass is 19.1. The number of carbonyl (C=O) groups is 3. The van der Waals surface area contributed by atoms with Crippen LogP contribution in [0.3, 0.4) is 0 Å². The molecule has 12 heteroatoms. The van der Waals surface area contributed by atoms with E-state index in [1.54, 1.807) is 38.1 Å². The lowest BCUT2D eigenvalue weighted by molar-refractivity contribution is -0.141. The van der Waals surface area contributed by atoms with Gasteiger partial charge in [0.1, 0.15) is 30.7 Å². The molecular formula is C21H25F2N5O5. The van der Waals surface area contributed by atoms with Crippen molar-refractivity contribution in [3.05, 3.63) is 35.7 Å². The summed E-state index contributed by atoms with van der Waals surface area (Å²) in [6, 6.07) is 5.36. The number of amides is 3. The summed E-state index contributed by atoms with van der Waals surface area (Å²) in [7, 11) is 1.23. The lowest BCUT2D eigenvalue weighted by atomic mass is 10.1. The predicted molar refractivity (Wildman–Crippen MR) is 114 cm³/mol. The number of benzene rings is 1. The van der Waals surface area contributed by atoms with Crippen LogP contribution in [0, 0.1) is 0 Å². The van der Waals surface area contributed by atoms with Crippen LogP contribution in [0.25, 0.3) is 10.9 Å². The van der Waals surface area contributed by atoms with Crippen LogP contribution in [0.5, 0.6) is 5.88 Å². The number of para-hydroxylation sites is 1. The maximum atomic E-state index is 14.6. The van der Waals surface area contributed by atoms with E-state index in [4.69, 9.17) is 15.2 Å². The maximum absolute atomic E-state index is 14.6. The number of nitrogens with zero attached hydrogens (tertiary/aromatic N) is 3. The van der Waals surface area contributed by atoms with Gasteiger partial charge < -0.3 is 25.4 Å². The molecule has 1 fully saturated rings. The van der Waals surface area contributed by atoms with Crippen molar-refractivity contribution in [2.45, 2.75) is 38.7 Å². The van der Waals surface area contributed by atoms with Crippen LogP contribution in [0.1, 0.15) is 13.8 Å². The Morgan fingerprint density at radius 3 is 2.61 bits per heavy atom. The molecule has 0 radical (unpaired) electrons. The average molecular weight is 465 g/mol. The summed E-state index contributed by atoms with van der Waals surface area (Å²) in [5.74, 6) is -1.99. The topological polar surface area (TPSA) is 129 Å². The Balaban J connectivity index is 1.85. The van der Waals surface area contributed by atoms with Crippen LogP contribution in [0.4, 0.5) is 13.6 Å². The first-order valence-corrected chi connectivity index (χ1v) is 10.1. The molecule has 3 atom stereocenters. The fourth-order valence-electron chi connectivity index (χ4n) is 3.66. The molecular weight excluding hydrogens is 440 g/mol. The second kappa shape index (κ2) is 9.94. The number of allylic oxidation sites excluding steroid dienone is 1. The van der Waals surface area contributed by atoms with E-state index in [1.807, 2.05) is 0 Å². The zero-order valence-electron chi connectivity index (χ0n) is 18.4. The highest BCUT2D eigenvalue weighted by Crippen LogP contribution is 2.27. The number of methoxy groups -OCH3 is 1. The number of likely N-dealkylation sites (tertiary alicyclic amines) is 1. The Kier molecular flexibility index (Phi) is 7.26. The lowest BCUT2D eigenvalue weighted by Gasteiger charge is -2.26. The summed E-state index contributed by atoms with van der Waals surface area (Å²) in [4.78, 5) is 38.1. The molecule has 3 N–H and O–H groups in total. The van der Waals surface area contributed by atoms with Gasteiger partial charge in [0.15, 0.2) is 0 Å². The van der Waals surface area contributed by atoms with E-state index < -0.39 is 42.1 Å². The van der Waals surface area contributed by atoms with Crippen LogP contribution in [-0.2, 0) is 20.9 Å². The average Bonchev–Trinajstić information content (AvgIpc) is 3.28. The normalized spacial score (nSPS) is 20.0. The van der Waals surface area contributed by atoms with Crippen molar-refractivity contribution < 1.29 is 32.6 Å². The van der Waals surface area contributed by atoms with Crippen LogP contribution < -0.4 is 15.8 Å². The van der Waals surface area contributed by atoms with Gasteiger partial charge >= 0.3 is 6.09 Å². The van der Waals surface area contributed by atoms with E-state index in [0.29, 0.717) is 16.5 Å². The smallest absolute Gasteiger partial charge is 0.389 e. The molecule has 1 aliphatic rings. The Labute approximate surface area is 188 Å². The second-order valence-corrected chi connectivity index (χ2v) is 7.73. The Hall–Kier alpha value is -3.54. The standard InChI is InChI=1S/C21H25F2N5O5/c1-11(2)13(22)8-25-19(30)17-18(32-3)14(23)9-27(17)16(29)10-28-15-7-5-4-6-12(15)20(26-28)33-21(24)31/h4-7,14,17-18H,8-10H2,1-3H3,(H2,24,31)(H,25,30)/t14-,17-,18+/m0/s1. The van der Waals surface area contributed by atoms with Gasteiger partial charge in [-0.2, -0.15) is 0 Å². The molecule has 33 heavy (non-hydrogen) atoms. The number of nitrogens with one attached hydrogen (secondary N) is 1. The number of halogens is 2. The van der Waals surface area contributed by atoms with Crippen LogP contribution in [0.15, 0.2) is 35.7 Å². The highest BCUT2D eigenvalue weighted by Gasteiger charge is 2.48. The number of ether oxygens (including phenoxy) is 2. The third-order valence-electron chi connectivity index (χ3n) is 5.30. The molecule has 0 bridgehead atoms. The van der Waals surface area contributed by atoms with Crippen molar-refractivity contribution >= 4 is 28.8 Å². The minimum absolute atomic E-state index is 0.0862. The van der Waals surface area contributed by atoms with E-state index in [0.717, 1.165) is 4.90 Å². The van der Waals surface area contributed by atoms with Crippen molar-refractivity contribution in [1.82, 2.24) is 20.0 Å². The number of alkyl halides is 1. The molecule has 1 aromatic carbocycles. The molecule has 0 aliphatic carbocycles. The molecule has 1 aromatic heterocycles. The number of nitrogens with two attached hydrogens (primary N) is 1. The highest BCUT2D eigenvalue weighted by molar-refractivity contribution is 5.91. The van der Waals surface area contributed by atoms with E-state index in [1.165, 1.54) is 11.8 Å². The summed E-state index contributed by atoms with van der Waals surface area (Å²) >= 11 is 0. The van der Waals surface area contributed by atoms with Gasteiger partial charge in [-0.05, 0) is 31.6 Å². The molecule has 3 amide bonds. The first-order valence-electron chi connectivity index (χ1n) is 10.1. The number of aromatic nitrogens is 2. The number of hydrogen-bond donors (Lipinski definition) is 2. The molecule has 178 valence electrons. The van der Waals surface area contributed by atoms with E-state index >= 15 is 0 Å². The Bertz CT molecular complexity index is 1100. The SMILES string of the molecule is CO[C@H]1[C@@H](C(=O)NCC(F)=C(C)C)N(C(=O)Cn2nc(OC(N)=O)c3ccccc32)C[C@@H]1F. The van der Waals surface area contributed by atoms with Gasteiger partial charge in [0.25, 0.3) is 5.88 Å². The zero-order chi connectivity index (χ0) is 24.3. The van der Waals surface area contributed by atoms with Crippen LogP contribution in [0.2, 0.25) is 0 Å². The van der Waals surface area contributed by atoms with Gasteiger partial charge in [0.2, 0.25) is 11.8 Å². The molecule has 1 saturated heterocycles. The van der Waals surface area contributed by atoms with Gasteiger partial charge in [0, 0.05) is 7.11 Å². The number of fused-ring (bicyclic) bond motifs is 1. The minimum atomic E-state index is -1.62. The predicted octanol–water partition coefficient (Wildman–Crippen LogP) is 1.44. The third kappa shape index (κ3) is 5.11. The summed E-state index contributed by atoms with van der Waals surface area (Å²) in [5.41, 5.74) is 5.93. The first kappa shape index (κ1) is 24.1. The maximum Gasteiger partial charge on any atom is 0.411 e. The number of primary amides is 1. The number of rotatable bonds is 7. The van der Waals surface area contributed by atoms with Crippen molar-refractivity contribution in [1.29, 1.82) is 0 Å². The molecule has 0 saturated carbocycles. The summed E-state index contributed by atoms with van der Waals surface area (Å²) < 4.78 is 39.7. The molecule has 2 heterocycles. The quantitative estimate of drug-likeness (QED) is 0.637. The lowest BCUT2D eigenvalue weighted by Crippen LogP contribution is -2.51. The van der Waals surface area contributed by atoms with Gasteiger partial charge in [-0.3, -0.25) is 14.3 Å². The fraction of sp³-hybridized carbons (Fsp3) is 0.429. The van der Waals surface area contributed by atoms with Crippen molar-refractivity contribution in [2.24, 2.45) is 5.73 Å². The third-order valence-corrected chi connectivity index (χ3v) is 5.30. The van der Waals surface area contributed by atoms with Crippen molar-refractivity contribution in [3.63, 3.8) is 0 Å². The van der Waals surface area contributed by atoms with Crippen LogP contribution >= 0.6 is 0 Å². The molecule has 0 spiro atoms. The minimum Gasteiger partial charge on any atom is -0.389 e. The monoisotopic (exact) mass is 465 g/mol. The molecule has 3 rings (SSSR count). The van der Waals surface area contributed by atoms with E-state index in [9.17, 15) is 23.2 Å². The zero-order valence-corrected chi connectivity index (χ0v) is 18.4. The second-order valence-electron chi connectivity index (χ2n) is 7.73. The summed E-state index contributed by atoms with van der Waals surface area (Å²) in [6.07, 6.45) is -3.90. The number of carbonyl (C=O) groups excluding carboxylic acids is 3. The molecule has 2 aromatic rings. The Morgan fingerprint density at radius 2 is 1.97 bits per heavy atom. The van der Waals surface area contributed by atoms with Crippen molar-refractivity contribution in [3.8, 4) is 5.88 Å². The van der Waals surface area contributed by atoms with E-state index in [2.05, 4.69) is 10.4 Å². The van der Waals surface area contributed by atoms with Gasteiger partial charge in [-0.25, -0.2) is 13.6 Å². The van der Waals surface area contributed by atoms with Gasteiger partial charge in [-0.15, -0.1) is 5.10 Å². The van der Waals surface area contributed by atoms with Gasteiger partial charge in [-0.1, -0.05) is 12.1 Å². The number of hydrogen-bond acceptors (Lipinski definition) is 6. The van der Waals surface area contributed by atoms with Gasteiger partial charge in [0.05, 0.1) is 24.0 Å². The van der Waals surface area contributed by atoms with Crippen LogP contribution in [-0.4, -0.2) is 71.1 Å². The molecule has 10 nitrogen and oxygen atoms in total. The fourth-order valence-corrected chi connectivity index (χ4v) is 3.66. The first-order chi connectivity index (χ1) is 15.6. The summed E-state index contributed by atoms with van der Waals surface area (Å²) in [6.45, 7) is 1.95. The van der Waals surface area contributed by atoms with E-state index in [-0.39, 0.29) is 25.5 Å². The molecule has 0 unspecified atom stereocenters. The largest absolute Gasteiger partial charge is 0.411 e. The Morgan fingerprint density at radius 1 is 1.27 bits per heavy atom. The molecule has 1 aliphatic heterocycles.